The Kier molecular flexibility index (Phi) is 6.76. The van der Waals surface area contributed by atoms with E-state index in [2.05, 4.69) is 11.1 Å². The van der Waals surface area contributed by atoms with E-state index in [-0.39, 0.29) is 13.2 Å². The predicted octanol–water partition coefficient (Wildman–Crippen LogP) is -0.0434. The first-order valence-electron chi connectivity index (χ1n) is 5.01. The standard InChI is InChI=1S/C8H19N2O4P/c1-4-10-8(11)7(9)15(12,13-5-2)14-6-3/h7H,4-6,9H2,1-3H3,(H,10,11)/p+1. The van der Waals surface area contributed by atoms with Crippen molar-refractivity contribution in [1.29, 1.82) is 0 Å². The molecule has 0 saturated heterocycles. The number of quaternary nitrogens is 1. The number of carbonyl (C=O) groups is 1. The molecule has 15 heavy (non-hydrogen) atoms. The van der Waals surface area contributed by atoms with Gasteiger partial charge in [0, 0.05) is 6.54 Å². The molecule has 0 aliphatic rings. The van der Waals surface area contributed by atoms with Crippen molar-refractivity contribution in [3.63, 3.8) is 0 Å². The summed E-state index contributed by atoms with van der Waals surface area (Å²) in [5.74, 6) is -1.43. The van der Waals surface area contributed by atoms with Gasteiger partial charge in [0.15, 0.2) is 0 Å². The quantitative estimate of drug-likeness (QED) is 0.609. The number of rotatable bonds is 7. The fourth-order valence-electron chi connectivity index (χ4n) is 1.01. The number of amides is 1. The van der Waals surface area contributed by atoms with Crippen LogP contribution in [0.2, 0.25) is 0 Å². The Hall–Kier alpha value is -0.420. The first-order chi connectivity index (χ1) is 7.01. The highest BCUT2D eigenvalue weighted by Gasteiger charge is 2.41. The third-order valence-corrected chi connectivity index (χ3v) is 3.89. The van der Waals surface area contributed by atoms with E-state index in [1.165, 1.54) is 0 Å². The Labute approximate surface area is 90.0 Å². The normalized spacial score (nSPS) is 13.6. The topological polar surface area (TPSA) is 92.3 Å². The van der Waals surface area contributed by atoms with Gasteiger partial charge in [0.25, 0.3) is 11.7 Å². The molecular formula is C8H20N2O4P+. The second-order valence-corrected chi connectivity index (χ2v) is 5.01. The van der Waals surface area contributed by atoms with Gasteiger partial charge in [-0.1, -0.05) is 0 Å². The fraction of sp³-hybridized carbons (Fsp3) is 0.875. The zero-order valence-electron chi connectivity index (χ0n) is 9.49. The summed E-state index contributed by atoms with van der Waals surface area (Å²) >= 11 is 0. The predicted molar refractivity (Wildman–Crippen MR) is 56.2 cm³/mol. The molecule has 6 nitrogen and oxygen atoms in total. The smallest absolute Gasteiger partial charge is 0.351 e. The minimum atomic E-state index is -3.42. The summed E-state index contributed by atoms with van der Waals surface area (Å²) < 4.78 is 22.1. The Morgan fingerprint density at radius 1 is 1.33 bits per heavy atom. The van der Waals surface area contributed by atoms with Gasteiger partial charge in [0.2, 0.25) is 0 Å². The van der Waals surface area contributed by atoms with Gasteiger partial charge in [-0.2, -0.15) is 0 Å². The molecule has 4 N–H and O–H groups in total. The fourth-order valence-corrected chi connectivity index (χ4v) is 2.55. The van der Waals surface area contributed by atoms with E-state index in [1.54, 1.807) is 20.8 Å². The minimum absolute atomic E-state index is 0.225. The Morgan fingerprint density at radius 2 is 1.80 bits per heavy atom. The van der Waals surface area contributed by atoms with E-state index in [0.717, 1.165) is 0 Å². The molecule has 0 heterocycles. The number of carbonyl (C=O) groups excluding carboxylic acids is 1. The number of hydrogen-bond donors (Lipinski definition) is 2. The van der Waals surface area contributed by atoms with Crippen molar-refractivity contribution in [3.8, 4) is 0 Å². The van der Waals surface area contributed by atoms with Crippen LogP contribution in [0.25, 0.3) is 0 Å². The Bertz CT molecular complexity index is 237. The molecule has 0 bridgehead atoms. The molecule has 90 valence electrons. The van der Waals surface area contributed by atoms with Gasteiger partial charge in [-0.05, 0) is 20.8 Å². The van der Waals surface area contributed by atoms with Crippen LogP contribution < -0.4 is 11.1 Å². The highest BCUT2D eigenvalue weighted by Crippen LogP contribution is 2.50. The lowest BCUT2D eigenvalue weighted by Crippen LogP contribution is -2.67. The van der Waals surface area contributed by atoms with Crippen molar-refractivity contribution >= 4 is 13.5 Å². The molecule has 1 atom stereocenters. The molecule has 0 rings (SSSR count). The van der Waals surface area contributed by atoms with Crippen LogP contribution in [0.4, 0.5) is 0 Å². The molecule has 0 aromatic rings. The summed E-state index contributed by atoms with van der Waals surface area (Å²) in [5.41, 5.74) is 3.54. The van der Waals surface area contributed by atoms with Crippen LogP contribution in [0.15, 0.2) is 0 Å². The van der Waals surface area contributed by atoms with Crippen LogP contribution in [0.5, 0.6) is 0 Å². The van der Waals surface area contributed by atoms with Gasteiger partial charge < -0.3 is 20.1 Å². The maximum absolute atomic E-state index is 12.1. The zero-order valence-corrected chi connectivity index (χ0v) is 10.4. The molecule has 0 aromatic heterocycles. The summed E-state index contributed by atoms with van der Waals surface area (Å²) in [6.07, 6.45) is 0. The Balaban J connectivity index is 4.60. The van der Waals surface area contributed by atoms with Crippen LogP contribution in [0, 0.1) is 0 Å². The average Bonchev–Trinajstić information content (AvgIpc) is 2.17. The van der Waals surface area contributed by atoms with Crippen molar-refractivity contribution < 1.29 is 24.1 Å². The van der Waals surface area contributed by atoms with Gasteiger partial charge in [-0.25, -0.2) is 0 Å². The third kappa shape index (κ3) is 4.30. The van der Waals surface area contributed by atoms with Crippen molar-refractivity contribution in [2.75, 3.05) is 19.8 Å². The molecule has 0 aliphatic carbocycles. The molecule has 0 aliphatic heterocycles. The van der Waals surface area contributed by atoms with Gasteiger partial charge in [0.05, 0.1) is 13.2 Å². The molecule has 1 unspecified atom stereocenters. The van der Waals surface area contributed by atoms with Crippen LogP contribution in [-0.2, 0) is 18.4 Å². The van der Waals surface area contributed by atoms with Gasteiger partial charge in [-0.15, -0.1) is 0 Å². The van der Waals surface area contributed by atoms with E-state index < -0.39 is 19.3 Å². The summed E-state index contributed by atoms with van der Waals surface area (Å²) in [6, 6.07) is 0. The van der Waals surface area contributed by atoms with Crippen molar-refractivity contribution in [2.45, 2.75) is 26.6 Å². The Morgan fingerprint density at radius 3 is 2.13 bits per heavy atom. The number of nitrogens with one attached hydrogen (secondary N) is 1. The SMILES string of the molecule is CCNC(=O)C([NH3+])P(=O)(OCC)OCC. The van der Waals surface area contributed by atoms with E-state index in [1.807, 2.05) is 0 Å². The molecule has 1 amide bonds. The second-order valence-electron chi connectivity index (χ2n) is 2.79. The molecule has 0 spiro atoms. The van der Waals surface area contributed by atoms with E-state index in [9.17, 15) is 9.36 Å². The third-order valence-electron chi connectivity index (χ3n) is 1.65. The molecule has 0 radical (unpaired) electrons. The van der Waals surface area contributed by atoms with Gasteiger partial charge >= 0.3 is 7.60 Å². The van der Waals surface area contributed by atoms with Crippen LogP contribution in [0.3, 0.4) is 0 Å². The number of hydrogen-bond acceptors (Lipinski definition) is 4. The molecule has 0 aromatic carbocycles. The average molecular weight is 239 g/mol. The lowest BCUT2D eigenvalue weighted by molar-refractivity contribution is -0.380. The van der Waals surface area contributed by atoms with Gasteiger partial charge in [-0.3, -0.25) is 9.36 Å². The van der Waals surface area contributed by atoms with Gasteiger partial charge in [0.1, 0.15) is 0 Å². The first kappa shape index (κ1) is 14.6. The summed E-state index contributed by atoms with van der Waals surface area (Å²) in [4.78, 5) is 11.4. The molecular weight excluding hydrogens is 219 g/mol. The lowest BCUT2D eigenvalue weighted by atomic mass is 10.6. The van der Waals surface area contributed by atoms with Crippen molar-refractivity contribution in [2.24, 2.45) is 0 Å². The number of likely N-dealkylation sites (N-methyl/N-ethyl adjacent to an activating group) is 1. The van der Waals surface area contributed by atoms with Crippen molar-refractivity contribution in [1.82, 2.24) is 5.32 Å². The van der Waals surface area contributed by atoms with Crippen LogP contribution >= 0.6 is 7.60 Å². The highest BCUT2D eigenvalue weighted by atomic mass is 31.2. The zero-order chi connectivity index (χ0) is 11.9. The van der Waals surface area contributed by atoms with E-state index in [0.29, 0.717) is 6.54 Å². The second kappa shape index (κ2) is 6.95. The minimum Gasteiger partial charge on any atom is -0.351 e. The van der Waals surface area contributed by atoms with Crippen LogP contribution in [0.1, 0.15) is 20.8 Å². The maximum atomic E-state index is 12.1. The van der Waals surface area contributed by atoms with E-state index >= 15 is 0 Å². The monoisotopic (exact) mass is 239 g/mol. The lowest BCUT2D eigenvalue weighted by Gasteiger charge is -2.19. The molecule has 7 heteroatoms. The molecule has 0 fully saturated rings. The largest absolute Gasteiger partial charge is 0.397 e. The van der Waals surface area contributed by atoms with Crippen LogP contribution in [-0.4, -0.2) is 31.4 Å². The molecule has 0 saturated carbocycles. The van der Waals surface area contributed by atoms with E-state index in [4.69, 9.17) is 9.05 Å². The van der Waals surface area contributed by atoms with Crippen molar-refractivity contribution in [3.05, 3.63) is 0 Å². The summed E-state index contributed by atoms with van der Waals surface area (Å²) in [7, 11) is -3.42. The maximum Gasteiger partial charge on any atom is 0.397 e. The first-order valence-corrected chi connectivity index (χ1v) is 6.62. The summed E-state index contributed by atoms with van der Waals surface area (Å²) in [6.45, 7) is 6.07. The summed E-state index contributed by atoms with van der Waals surface area (Å²) in [5, 5.41) is 2.53. The highest BCUT2D eigenvalue weighted by molar-refractivity contribution is 7.55.